The summed E-state index contributed by atoms with van der Waals surface area (Å²) >= 11 is 3.40. The number of nitrogens with one attached hydrogen (secondary N) is 3. The molecule has 0 bridgehead atoms. The number of amides is 1. The van der Waals surface area contributed by atoms with Crippen LogP contribution < -0.4 is 10.6 Å². The number of carbonyl (C=O) groups is 1. The van der Waals surface area contributed by atoms with Gasteiger partial charge in [0, 0.05) is 35.6 Å². The molecule has 5 nitrogen and oxygen atoms in total. The zero-order valence-corrected chi connectivity index (χ0v) is 13.6. The molecule has 112 valence electrons. The summed E-state index contributed by atoms with van der Waals surface area (Å²) in [6.07, 6.45) is 0. The molecule has 0 radical (unpaired) electrons. The van der Waals surface area contributed by atoms with E-state index in [1.54, 1.807) is 6.07 Å². The largest absolute Gasteiger partial charge is 0.350 e. The van der Waals surface area contributed by atoms with Crippen LogP contribution in [0.4, 0.5) is 0 Å². The lowest BCUT2D eigenvalue weighted by molar-refractivity contribution is 0.0937. The Labute approximate surface area is 137 Å². The Morgan fingerprint density at radius 3 is 2.67 bits per heavy atom. The number of carbonyl (C=O) groups excluding carboxylic acids is 1. The summed E-state index contributed by atoms with van der Waals surface area (Å²) in [5.41, 5.74) is 2.25. The maximum absolute atomic E-state index is 12.0. The van der Waals surface area contributed by atoms with Crippen molar-refractivity contribution >= 4 is 34.2 Å². The minimum absolute atomic E-state index is 0. The van der Waals surface area contributed by atoms with Crippen molar-refractivity contribution in [1.82, 2.24) is 20.8 Å². The maximum atomic E-state index is 12.0. The topological polar surface area (TPSA) is 69.8 Å². The quantitative estimate of drug-likeness (QED) is 0.772. The molecule has 2 aromatic rings. The first kappa shape index (κ1) is 16.0. The van der Waals surface area contributed by atoms with E-state index in [0.29, 0.717) is 18.2 Å². The van der Waals surface area contributed by atoms with Gasteiger partial charge in [-0.05, 0) is 18.2 Å². The minimum Gasteiger partial charge on any atom is -0.350 e. The van der Waals surface area contributed by atoms with Gasteiger partial charge in [-0.15, -0.1) is 12.4 Å². The van der Waals surface area contributed by atoms with E-state index < -0.39 is 0 Å². The van der Waals surface area contributed by atoms with Gasteiger partial charge in [-0.2, -0.15) is 5.10 Å². The fourth-order valence-corrected chi connectivity index (χ4v) is 2.30. The second kappa shape index (κ2) is 7.06. The number of halogens is 2. The molecule has 1 fully saturated rings. The zero-order valence-electron chi connectivity index (χ0n) is 11.2. The van der Waals surface area contributed by atoms with Crippen molar-refractivity contribution in [2.24, 2.45) is 5.92 Å². The average Bonchev–Trinajstić information content (AvgIpc) is 2.87. The Kier molecular flexibility index (Phi) is 5.39. The summed E-state index contributed by atoms with van der Waals surface area (Å²) in [5.74, 6) is 0.445. The molecular weight excluding hydrogens is 356 g/mol. The van der Waals surface area contributed by atoms with Crippen LogP contribution in [-0.2, 0) is 0 Å². The second-order valence-corrected chi connectivity index (χ2v) is 5.82. The van der Waals surface area contributed by atoms with Gasteiger partial charge >= 0.3 is 0 Å². The minimum atomic E-state index is -0.104. The summed E-state index contributed by atoms with van der Waals surface area (Å²) in [4.78, 5) is 12.0. The molecule has 1 aliphatic rings. The maximum Gasteiger partial charge on any atom is 0.269 e. The normalized spacial score (nSPS) is 14.1. The van der Waals surface area contributed by atoms with Crippen molar-refractivity contribution in [2.75, 3.05) is 19.6 Å². The third-order valence-corrected chi connectivity index (χ3v) is 3.91. The number of nitrogens with zero attached hydrogens (tertiary/aromatic N) is 1. The lowest BCUT2D eigenvalue weighted by atomic mass is 10.0. The highest BCUT2D eigenvalue weighted by Crippen LogP contribution is 2.20. The van der Waals surface area contributed by atoms with Crippen LogP contribution in [0, 0.1) is 5.92 Å². The highest BCUT2D eigenvalue weighted by atomic mass is 79.9. The summed E-state index contributed by atoms with van der Waals surface area (Å²) in [5, 5.41) is 13.1. The van der Waals surface area contributed by atoms with E-state index in [-0.39, 0.29) is 18.3 Å². The zero-order chi connectivity index (χ0) is 13.9. The Morgan fingerprint density at radius 1 is 1.33 bits per heavy atom. The van der Waals surface area contributed by atoms with Gasteiger partial charge in [0.15, 0.2) is 0 Å². The van der Waals surface area contributed by atoms with E-state index in [1.807, 2.05) is 24.3 Å². The molecule has 1 amide bonds. The van der Waals surface area contributed by atoms with Crippen LogP contribution in [0.2, 0.25) is 0 Å². The van der Waals surface area contributed by atoms with Crippen molar-refractivity contribution < 1.29 is 4.79 Å². The molecule has 0 aliphatic carbocycles. The standard InChI is InChI=1S/C14H15BrN4O.ClH/c15-11-3-1-10(2-4-11)12-5-13(19-18-12)14(20)17-8-9-6-16-7-9;/h1-5,9,16H,6-8H2,(H,17,20)(H,18,19);1H. The fraction of sp³-hybridized carbons (Fsp3) is 0.286. The Morgan fingerprint density at radius 2 is 2.05 bits per heavy atom. The molecule has 1 aliphatic heterocycles. The summed E-state index contributed by atoms with van der Waals surface area (Å²) in [6, 6.07) is 9.60. The molecule has 1 aromatic carbocycles. The molecule has 0 atom stereocenters. The van der Waals surface area contributed by atoms with Gasteiger partial charge in [0.25, 0.3) is 5.91 Å². The molecule has 0 saturated carbocycles. The highest BCUT2D eigenvalue weighted by Gasteiger charge is 2.18. The average molecular weight is 372 g/mol. The van der Waals surface area contributed by atoms with Crippen molar-refractivity contribution in [3.63, 3.8) is 0 Å². The summed E-state index contributed by atoms with van der Waals surface area (Å²) < 4.78 is 1.02. The van der Waals surface area contributed by atoms with Crippen molar-refractivity contribution in [3.05, 3.63) is 40.5 Å². The monoisotopic (exact) mass is 370 g/mol. The third-order valence-electron chi connectivity index (χ3n) is 3.38. The molecule has 21 heavy (non-hydrogen) atoms. The Hall–Kier alpha value is -1.37. The van der Waals surface area contributed by atoms with E-state index in [9.17, 15) is 4.79 Å². The van der Waals surface area contributed by atoms with Gasteiger partial charge in [-0.25, -0.2) is 0 Å². The van der Waals surface area contributed by atoms with Crippen molar-refractivity contribution in [1.29, 1.82) is 0 Å². The number of hydrogen-bond acceptors (Lipinski definition) is 3. The molecule has 0 spiro atoms. The first-order valence-corrected chi connectivity index (χ1v) is 7.32. The van der Waals surface area contributed by atoms with Crippen LogP contribution in [-0.4, -0.2) is 35.7 Å². The number of benzene rings is 1. The first-order chi connectivity index (χ1) is 9.72. The fourth-order valence-electron chi connectivity index (χ4n) is 2.03. The molecule has 0 unspecified atom stereocenters. The summed E-state index contributed by atoms with van der Waals surface area (Å²) in [7, 11) is 0. The second-order valence-electron chi connectivity index (χ2n) is 4.91. The van der Waals surface area contributed by atoms with Crippen LogP contribution >= 0.6 is 28.3 Å². The van der Waals surface area contributed by atoms with Crippen LogP contribution in [0.5, 0.6) is 0 Å². The first-order valence-electron chi connectivity index (χ1n) is 6.52. The van der Waals surface area contributed by atoms with Crippen molar-refractivity contribution in [2.45, 2.75) is 0 Å². The lowest BCUT2D eigenvalue weighted by Gasteiger charge is -2.26. The predicted octanol–water partition coefficient (Wildman–Crippen LogP) is 2.21. The number of aromatic nitrogens is 2. The molecule has 3 rings (SSSR count). The van der Waals surface area contributed by atoms with Gasteiger partial charge in [-0.3, -0.25) is 9.89 Å². The number of rotatable bonds is 4. The van der Waals surface area contributed by atoms with E-state index in [0.717, 1.165) is 28.8 Å². The summed E-state index contributed by atoms with van der Waals surface area (Å²) in [6.45, 7) is 2.67. The molecule has 3 N–H and O–H groups in total. The van der Waals surface area contributed by atoms with Crippen LogP contribution in [0.1, 0.15) is 10.5 Å². The number of aromatic amines is 1. The van der Waals surface area contributed by atoms with Gasteiger partial charge in [0.05, 0.1) is 5.69 Å². The van der Waals surface area contributed by atoms with Gasteiger partial charge < -0.3 is 10.6 Å². The predicted molar refractivity (Wildman–Crippen MR) is 87.7 cm³/mol. The van der Waals surface area contributed by atoms with Crippen LogP contribution in [0.25, 0.3) is 11.3 Å². The van der Waals surface area contributed by atoms with E-state index >= 15 is 0 Å². The third kappa shape index (κ3) is 3.84. The smallest absolute Gasteiger partial charge is 0.269 e. The molecule has 1 aromatic heterocycles. The Bertz CT molecular complexity index is 610. The highest BCUT2D eigenvalue weighted by molar-refractivity contribution is 9.10. The van der Waals surface area contributed by atoms with Gasteiger partial charge in [0.2, 0.25) is 0 Å². The van der Waals surface area contributed by atoms with Gasteiger partial charge in [0.1, 0.15) is 5.69 Å². The van der Waals surface area contributed by atoms with E-state index in [4.69, 9.17) is 0 Å². The Balaban J connectivity index is 0.00000161. The molecule has 1 saturated heterocycles. The van der Waals surface area contributed by atoms with Gasteiger partial charge in [-0.1, -0.05) is 28.1 Å². The van der Waals surface area contributed by atoms with E-state index in [2.05, 4.69) is 36.8 Å². The van der Waals surface area contributed by atoms with Crippen LogP contribution in [0.15, 0.2) is 34.8 Å². The number of H-pyrrole nitrogens is 1. The SMILES string of the molecule is Cl.O=C(NCC1CNC1)c1cc(-c2ccc(Br)cc2)n[nH]1. The van der Waals surface area contributed by atoms with E-state index in [1.165, 1.54) is 0 Å². The van der Waals surface area contributed by atoms with Crippen molar-refractivity contribution in [3.8, 4) is 11.3 Å². The molecule has 2 heterocycles. The molecular formula is C14H16BrClN4O. The number of hydrogen-bond donors (Lipinski definition) is 3. The molecule has 7 heteroatoms. The lowest BCUT2D eigenvalue weighted by Crippen LogP contribution is -2.48. The van der Waals surface area contributed by atoms with Crippen LogP contribution in [0.3, 0.4) is 0 Å².